The van der Waals surface area contributed by atoms with Crippen LogP contribution in [0.3, 0.4) is 0 Å². The van der Waals surface area contributed by atoms with Gasteiger partial charge >= 0.3 is 0 Å². The lowest BCUT2D eigenvalue weighted by atomic mass is 10.0. The van der Waals surface area contributed by atoms with Gasteiger partial charge in [0.2, 0.25) is 0 Å². The Kier molecular flexibility index (Phi) is 4.54. The molecule has 0 saturated heterocycles. The third-order valence-electron chi connectivity index (χ3n) is 3.34. The quantitative estimate of drug-likeness (QED) is 0.853. The van der Waals surface area contributed by atoms with Crippen LogP contribution < -0.4 is 4.74 Å². The molecule has 0 radical (unpaired) electrons. The zero-order valence-corrected chi connectivity index (χ0v) is 12.9. The summed E-state index contributed by atoms with van der Waals surface area (Å²) in [6.45, 7) is 8.04. The van der Waals surface area contributed by atoms with Crippen LogP contribution in [0.25, 0.3) is 0 Å². The number of benzene rings is 1. The van der Waals surface area contributed by atoms with Gasteiger partial charge in [-0.2, -0.15) is 10.4 Å². The summed E-state index contributed by atoms with van der Waals surface area (Å²) in [6.07, 6.45) is 1.50. The minimum absolute atomic E-state index is 0.288. The largest absolute Gasteiger partial charge is 0.437 e. The third kappa shape index (κ3) is 3.19. The van der Waals surface area contributed by atoms with Gasteiger partial charge in [0.25, 0.3) is 5.88 Å². The molecule has 0 atom stereocenters. The minimum Gasteiger partial charge on any atom is -0.437 e. The summed E-state index contributed by atoms with van der Waals surface area (Å²) in [5.74, 6) is 0.973. The fourth-order valence-electron chi connectivity index (χ4n) is 2.44. The first kappa shape index (κ1) is 15.0. The molecule has 0 unspecified atom stereocenters. The fraction of sp³-hybridized carbons (Fsp3) is 0.353. The Labute approximate surface area is 125 Å². The highest BCUT2D eigenvalue weighted by atomic mass is 16.5. The molecule has 108 valence electrons. The molecule has 0 N–H and O–H groups in total. The molecule has 4 nitrogen and oxygen atoms in total. The second-order valence-electron chi connectivity index (χ2n) is 5.05. The predicted octanol–water partition coefficient (Wildman–Crippen LogP) is 3.88. The number of ether oxygens (including phenoxy) is 1. The van der Waals surface area contributed by atoms with Crippen LogP contribution in [0.5, 0.6) is 11.6 Å². The maximum absolute atomic E-state index is 9.44. The van der Waals surface area contributed by atoms with E-state index in [0.29, 0.717) is 11.3 Å². The van der Waals surface area contributed by atoms with E-state index in [0.717, 1.165) is 35.2 Å². The number of aryl methyl sites for hydroxylation is 3. The predicted molar refractivity (Wildman–Crippen MR) is 81.5 cm³/mol. The Morgan fingerprint density at radius 1 is 1.05 bits per heavy atom. The van der Waals surface area contributed by atoms with Crippen molar-refractivity contribution in [3.8, 4) is 17.7 Å². The summed E-state index contributed by atoms with van der Waals surface area (Å²) in [4.78, 5) is 0. The molecule has 0 bridgehead atoms. The van der Waals surface area contributed by atoms with E-state index in [1.165, 1.54) is 0 Å². The number of nitriles is 1. The van der Waals surface area contributed by atoms with Crippen molar-refractivity contribution in [3.63, 3.8) is 0 Å². The average Bonchev–Trinajstić information content (AvgIpc) is 2.45. The Hall–Kier alpha value is -2.41. The molecular formula is C17H19N3O. The van der Waals surface area contributed by atoms with Crippen molar-refractivity contribution in [3.05, 3.63) is 46.1 Å². The van der Waals surface area contributed by atoms with Crippen molar-refractivity contribution in [1.29, 1.82) is 5.26 Å². The highest BCUT2D eigenvalue weighted by Crippen LogP contribution is 2.27. The van der Waals surface area contributed by atoms with Gasteiger partial charge in [-0.3, -0.25) is 0 Å². The molecule has 0 fully saturated rings. The zero-order valence-electron chi connectivity index (χ0n) is 12.9. The second-order valence-corrected chi connectivity index (χ2v) is 5.05. The van der Waals surface area contributed by atoms with Gasteiger partial charge in [0, 0.05) is 0 Å². The summed E-state index contributed by atoms with van der Waals surface area (Å²) < 4.78 is 5.81. The number of hydrogen-bond donors (Lipinski definition) is 0. The Morgan fingerprint density at radius 3 is 2.24 bits per heavy atom. The minimum atomic E-state index is 0.288. The van der Waals surface area contributed by atoms with Crippen molar-refractivity contribution < 1.29 is 4.74 Å². The van der Waals surface area contributed by atoms with Crippen molar-refractivity contribution in [2.24, 2.45) is 0 Å². The summed E-state index contributed by atoms with van der Waals surface area (Å²) in [5.41, 5.74) is 4.49. The van der Waals surface area contributed by atoms with Crippen LogP contribution in [0, 0.1) is 25.2 Å². The first-order valence-electron chi connectivity index (χ1n) is 7.13. The molecule has 1 heterocycles. The van der Waals surface area contributed by atoms with Gasteiger partial charge in [0.1, 0.15) is 17.4 Å². The maximum Gasteiger partial charge on any atom is 0.257 e. The highest BCUT2D eigenvalue weighted by molar-refractivity contribution is 5.48. The van der Waals surface area contributed by atoms with Crippen LogP contribution in [-0.4, -0.2) is 10.2 Å². The van der Waals surface area contributed by atoms with Gasteiger partial charge in [0.15, 0.2) is 0 Å². The van der Waals surface area contributed by atoms with Gasteiger partial charge < -0.3 is 4.74 Å². The summed E-state index contributed by atoms with van der Waals surface area (Å²) in [5, 5.41) is 17.7. The lowest BCUT2D eigenvalue weighted by Gasteiger charge is -2.12. The van der Waals surface area contributed by atoms with Gasteiger partial charge in [-0.15, -0.1) is 5.10 Å². The Balaban J connectivity index is 2.47. The molecule has 21 heavy (non-hydrogen) atoms. The molecule has 0 aliphatic rings. The first-order chi connectivity index (χ1) is 10.1. The molecule has 0 aliphatic heterocycles. The standard InChI is InChI=1S/C17H19N3O/c1-5-14-15(10-18)17(20-19-16(14)6-2)21-13-8-11(3)7-12(4)9-13/h7-9H,5-6H2,1-4H3. The molecule has 0 saturated carbocycles. The molecule has 2 rings (SSSR count). The van der Waals surface area contributed by atoms with E-state index in [9.17, 15) is 5.26 Å². The van der Waals surface area contributed by atoms with E-state index >= 15 is 0 Å². The second kappa shape index (κ2) is 6.36. The monoisotopic (exact) mass is 281 g/mol. The van der Waals surface area contributed by atoms with Crippen LogP contribution in [-0.2, 0) is 12.8 Å². The molecule has 0 aliphatic carbocycles. The smallest absolute Gasteiger partial charge is 0.257 e. The molecule has 2 aromatic rings. The van der Waals surface area contributed by atoms with E-state index in [-0.39, 0.29) is 5.88 Å². The van der Waals surface area contributed by atoms with Crippen molar-refractivity contribution in [2.75, 3.05) is 0 Å². The highest BCUT2D eigenvalue weighted by Gasteiger charge is 2.16. The SMILES string of the molecule is CCc1nnc(Oc2cc(C)cc(C)c2)c(C#N)c1CC. The van der Waals surface area contributed by atoms with Crippen LogP contribution in [0.2, 0.25) is 0 Å². The van der Waals surface area contributed by atoms with Crippen LogP contribution >= 0.6 is 0 Å². The average molecular weight is 281 g/mol. The van der Waals surface area contributed by atoms with E-state index in [2.05, 4.69) is 22.3 Å². The summed E-state index contributed by atoms with van der Waals surface area (Å²) >= 11 is 0. The van der Waals surface area contributed by atoms with E-state index in [1.54, 1.807) is 0 Å². The number of rotatable bonds is 4. The summed E-state index contributed by atoms with van der Waals surface area (Å²) in [6, 6.07) is 8.13. The zero-order chi connectivity index (χ0) is 15.4. The third-order valence-corrected chi connectivity index (χ3v) is 3.34. The van der Waals surface area contributed by atoms with Crippen LogP contribution in [0.1, 0.15) is 41.8 Å². The normalized spacial score (nSPS) is 10.2. The Bertz CT molecular complexity index is 682. The van der Waals surface area contributed by atoms with Gasteiger partial charge in [0.05, 0.1) is 5.69 Å². The molecule has 0 spiro atoms. The van der Waals surface area contributed by atoms with E-state index < -0.39 is 0 Å². The summed E-state index contributed by atoms with van der Waals surface area (Å²) in [7, 11) is 0. The number of aromatic nitrogens is 2. The Morgan fingerprint density at radius 2 is 1.71 bits per heavy atom. The van der Waals surface area contributed by atoms with Crippen molar-refractivity contribution in [2.45, 2.75) is 40.5 Å². The van der Waals surface area contributed by atoms with E-state index in [1.807, 2.05) is 39.8 Å². The molecule has 1 aromatic heterocycles. The molecule has 4 heteroatoms. The van der Waals surface area contributed by atoms with E-state index in [4.69, 9.17) is 4.74 Å². The number of nitrogens with zero attached hydrogens (tertiary/aromatic N) is 3. The van der Waals surface area contributed by atoms with Crippen LogP contribution in [0.15, 0.2) is 18.2 Å². The van der Waals surface area contributed by atoms with Crippen LogP contribution in [0.4, 0.5) is 0 Å². The molecule has 0 amide bonds. The van der Waals surface area contributed by atoms with Gasteiger partial charge in [-0.1, -0.05) is 19.9 Å². The number of hydrogen-bond acceptors (Lipinski definition) is 4. The molecule has 1 aromatic carbocycles. The topological polar surface area (TPSA) is 58.8 Å². The van der Waals surface area contributed by atoms with Crippen molar-refractivity contribution >= 4 is 0 Å². The van der Waals surface area contributed by atoms with Gasteiger partial charge in [-0.25, -0.2) is 0 Å². The maximum atomic E-state index is 9.44. The fourth-order valence-corrected chi connectivity index (χ4v) is 2.44. The first-order valence-corrected chi connectivity index (χ1v) is 7.13. The lowest BCUT2D eigenvalue weighted by molar-refractivity contribution is 0.450. The van der Waals surface area contributed by atoms with Crippen molar-refractivity contribution in [1.82, 2.24) is 10.2 Å². The molecular weight excluding hydrogens is 262 g/mol. The van der Waals surface area contributed by atoms with Gasteiger partial charge in [-0.05, 0) is 55.5 Å². The lowest BCUT2D eigenvalue weighted by Crippen LogP contribution is -2.05.